The van der Waals surface area contributed by atoms with Crippen LogP contribution in [0, 0.1) is 0 Å². The molecule has 0 spiro atoms. The molecule has 0 saturated carbocycles. The van der Waals surface area contributed by atoms with E-state index in [4.69, 9.17) is 0 Å². The maximum Gasteiger partial charge on any atom is 0.291 e. The highest BCUT2D eigenvalue weighted by atomic mass is 32.1. The van der Waals surface area contributed by atoms with Gasteiger partial charge in [-0.2, -0.15) is 9.50 Å². The van der Waals surface area contributed by atoms with Gasteiger partial charge >= 0.3 is 0 Å². The molecule has 0 atom stereocenters. The highest BCUT2D eigenvalue weighted by Crippen LogP contribution is 2.26. The summed E-state index contributed by atoms with van der Waals surface area (Å²) in [5, 5.41) is 6.71. The lowest BCUT2D eigenvalue weighted by molar-refractivity contribution is 0.937. The number of hydrogen-bond donors (Lipinski definition) is 0. The SMILES string of the molecule is CN(C)c1ccc(C=c2sc3nc(-c4cccc5ccccc45)nn3c2=O)cc1. The standard InChI is InChI=1S/C23H18N4OS/c1-26(2)17-12-10-15(11-13-17)14-20-22(28)27-23(29-20)24-21(25-27)19-9-5-7-16-6-3-4-8-18(16)19/h3-14H,1-2H3. The maximum atomic E-state index is 12.8. The molecule has 2 heterocycles. The van der Waals surface area contributed by atoms with Crippen LogP contribution in [-0.4, -0.2) is 28.7 Å². The Hall–Kier alpha value is -3.51. The number of hydrogen-bond acceptors (Lipinski definition) is 5. The lowest BCUT2D eigenvalue weighted by Gasteiger charge is -2.11. The zero-order valence-corrected chi connectivity index (χ0v) is 16.9. The Balaban J connectivity index is 1.59. The van der Waals surface area contributed by atoms with E-state index in [2.05, 4.69) is 28.3 Å². The summed E-state index contributed by atoms with van der Waals surface area (Å²) in [7, 11) is 4.00. The zero-order valence-electron chi connectivity index (χ0n) is 16.0. The molecule has 29 heavy (non-hydrogen) atoms. The van der Waals surface area contributed by atoms with E-state index >= 15 is 0 Å². The minimum Gasteiger partial charge on any atom is -0.378 e. The summed E-state index contributed by atoms with van der Waals surface area (Å²) in [5.74, 6) is 0.576. The smallest absolute Gasteiger partial charge is 0.291 e. The Morgan fingerprint density at radius 2 is 1.72 bits per heavy atom. The van der Waals surface area contributed by atoms with E-state index in [-0.39, 0.29) is 5.56 Å². The van der Waals surface area contributed by atoms with Gasteiger partial charge in [-0.05, 0) is 34.5 Å². The van der Waals surface area contributed by atoms with Crippen LogP contribution in [0.3, 0.4) is 0 Å². The first-order valence-corrected chi connectivity index (χ1v) is 10.1. The first kappa shape index (κ1) is 17.6. The van der Waals surface area contributed by atoms with E-state index < -0.39 is 0 Å². The van der Waals surface area contributed by atoms with Crippen molar-refractivity contribution >= 4 is 38.8 Å². The third-order valence-electron chi connectivity index (χ3n) is 4.92. The van der Waals surface area contributed by atoms with E-state index in [9.17, 15) is 4.79 Å². The second-order valence-corrected chi connectivity index (χ2v) is 8.07. The van der Waals surface area contributed by atoms with Crippen molar-refractivity contribution in [2.24, 2.45) is 0 Å². The number of rotatable bonds is 3. The number of nitrogens with zero attached hydrogens (tertiary/aromatic N) is 4. The predicted molar refractivity (Wildman–Crippen MR) is 120 cm³/mol. The molecule has 0 saturated heterocycles. The molecule has 0 bridgehead atoms. The summed E-state index contributed by atoms with van der Waals surface area (Å²) >= 11 is 1.36. The van der Waals surface area contributed by atoms with Crippen LogP contribution < -0.4 is 15.0 Å². The van der Waals surface area contributed by atoms with Crippen molar-refractivity contribution in [3.05, 3.63) is 87.2 Å². The molecule has 5 aromatic rings. The van der Waals surface area contributed by atoms with Crippen molar-refractivity contribution in [1.29, 1.82) is 0 Å². The van der Waals surface area contributed by atoms with Crippen LogP contribution in [0.5, 0.6) is 0 Å². The number of anilines is 1. The van der Waals surface area contributed by atoms with Gasteiger partial charge in [-0.25, -0.2) is 0 Å². The maximum absolute atomic E-state index is 12.8. The molecule has 0 aliphatic rings. The summed E-state index contributed by atoms with van der Waals surface area (Å²) in [5.41, 5.74) is 2.89. The van der Waals surface area contributed by atoms with Crippen molar-refractivity contribution < 1.29 is 0 Å². The van der Waals surface area contributed by atoms with Gasteiger partial charge < -0.3 is 4.90 Å². The van der Waals surface area contributed by atoms with Crippen LogP contribution in [0.25, 0.3) is 33.2 Å². The summed E-state index contributed by atoms with van der Waals surface area (Å²) in [6, 6.07) is 22.2. The number of fused-ring (bicyclic) bond motifs is 2. The van der Waals surface area contributed by atoms with Gasteiger partial charge in [-0.3, -0.25) is 4.79 Å². The Labute approximate surface area is 171 Å². The average Bonchev–Trinajstić information content (AvgIpc) is 3.27. The topological polar surface area (TPSA) is 50.5 Å². The van der Waals surface area contributed by atoms with Crippen LogP contribution in [-0.2, 0) is 0 Å². The predicted octanol–water partition coefficient (Wildman–Crippen LogP) is 3.58. The van der Waals surface area contributed by atoms with E-state index in [1.54, 1.807) is 0 Å². The molecular formula is C23H18N4OS. The molecule has 0 aliphatic carbocycles. The van der Waals surface area contributed by atoms with Crippen LogP contribution in [0.2, 0.25) is 0 Å². The first-order valence-electron chi connectivity index (χ1n) is 9.27. The Bertz CT molecular complexity index is 1440. The van der Waals surface area contributed by atoms with Crippen LogP contribution in [0.4, 0.5) is 5.69 Å². The Morgan fingerprint density at radius 1 is 0.966 bits per heavy atom. The normalized spacial score (nSPS) is 12.1. The fourth-order valence-electron chi connectivity index (χ4n) is 3.39. The minimum absolute atomic E-state index is 0.138. The van der Waals surface area contributed by atoms with Gasteiger partial charge in [0.25, 0.3) is 5.56 Å². The van der Waals surface area contributed by atoms with Gasteiger partial charge in [-0.15, -0.1) is 5.10 Å². The summed E-state index contributed by atoms with van der Waals surface area (Å²) < 4.78 is 2.03. The van der Waals surface area contributed by atoms with Gasteiger partial charge in [0.05, 0.1) is 4.53 Å². The minimum atomic E-state index is -0.138. The van der Waals surface area contributed by atoms with Crippen LogP contribution >= 0.6 is 11.3 Å². The molecule has 0 unspecified atom stereocenters. The van der Waals surface area contributed by atoms with Gasteiger partial charge in [0.2, 0.25) is 4.96 Å². The van der Waals surface area contributed by atoms with Gasteiger partial charge in [-0.1, -0.05) is 65.9 Å². The summed E-state index contributed by atoms with van der Waals surface area (Å²) in [6.07, 6.45) is 1.89. The summed E-state index contributed by atoms with van der Waals surface area (Å²) in [6.45, 7) is 0. The van der Waals surface area contributed by atoms with Crippen molar-refractivity contribution in [3.8, 4) is 11.4 Å². The van der Waals surface area contributed by atoms with Crippen molar-refractivity contribution in [3.63, 3.8) is 0 Å². The first-order chi connectivity index (χ1) is 14.1. The van der Waals surface area contributed by atoms with E-state index in [0.717, 1.165) is 27.6 Å². The molecule has 0 N–H and O–H groups in total. The molecule has 0 aliphatic heterocycles. The average molecular weight is 398 g/mol. The molecule has 2 aromatic heterocycles. The third kappa shape index (κ3) is 3.07. The molecule has 5 rings (SSSR count). The molecule has 142 valence electrons. The summed E-state index contributed by atoms with van der Waals surface area (Å²) in [4.78, 5) is 20.1. The second-order valence-electron chi connectivity index (χ2n) is 7.06. The van der Waals surface area contributed by atoms with E-state index in [1.807, 2.05) is 73.6 Å². The van der Waals surface area contributed by atoms with E-state index in [0.29, 0.717) is 15.3 Å². The molecule has 3 aromatic carbocycles. The third-order valence-corrected chi connectivity index (χ3v) is 5.88. The van der Waals surface area contributed by atoms with Crippen molar-refractivity contribution in [1.82, 2.24) is 14.6 Å². The van der Waals surface area contributed by atoms with Gasteiger partial charge in [0.15, 0.2) is 5.82 Å². The molecule has 0 radical (unpaired) electrons. The lowest BCUT2D eigenvalue weighted by Crippen LogP contribution is -2.23. The van der Waals surface area contributed by atoms with Gasteiger partial charge in [0, 0.05) is 25.3 Å². The molecule has 0 fully saturated rings. The number of aromatic nitrogens is 3. The largest absolute Gasteiger partial charge is 0.378 e. The van der Waals surface area contributed by atoms with Gasteiger partial charge in [0.1, 0.15) is 0 Å². The quantitative estimate of drug-likeness (QED) is 0.466. The highest BCUT2D eigenvalue weighted by molar-refractivity contribution is 7.15. The lowest BCUT2D eigenvalue weighted by atomic mass is 10.0. The molecular weight excluding hydrogens is 380 g/mol. The number of thiazole rings is 1. The molecule has 5 nitrogen and oxygen atoms in total. The zero-order chi connectivity index (χ0) is 20.0. The second kappa shape index (κ2) is 6.83. The van der Waals surface area contributed by atoms with Crippen molar-refractivity contribution in [2.45, 2.75) is 0 Å². The fraction of sp³-hybridized carbons (Fsp3) is 0.0870. The Morgan fingerprint density at radius 3 is 2.48 bits per heavy atom. The van der Waals surface area contributed by atoms with Crippen LogP contribution in [0.1, 0.15) is 5.56 Å². The van der Waals surface area contributed by atoms with Crippen molar-refractivity contribution in [2.75, 3.05) is 19.0 Å². The fourth-order valence-corrected chi connectivity index (χ4v) is 4.30. The number of benzene rings is 3. The van der Waals surface area contributed by atoms with E-state index in [1.165, 1.54) is 15.9 Å². The molecule has 0 amide bonds. The monoisotopic (exact) mass is 398 g/mol. The molecule has 6 heteroatoms. The highest BCUT2D eigenvalue weighted by Gasteiger charge is 2.13. The Kier molecular flexibility index (Phi) is 4.14. The van der Waals surface area contributed by atoms with Crippen LogP contribution in [0.15, 0.2) is 71.5 Å².